The monoisotopic (exact) mass is 433 g/mol. The minimum absolute atomic E-state index is 0.156. The van der Waals surface area contributed by atoms with Crippen molar-refractivity contribution in [2.45, 2.75) is 37.3 Å². The van der Waals surface area contributed by atoms with Crippen LogP contribution in [0.5, 0.6) is 0 Å². The summed E-state index contributed by atoms with van der Waals surface area (Å²) < 4.78 is 0. The van der Waals surface area contributed by atoms with Crippen LogP contribution in [0.4, 0.5) is 0 Å². The van der Waals surface area contributed by atoms with Gasteiger partial charge in [0.2, 0.25) is 0 Å². The van der Waals surface area contributed by atoms with Crippen LogP contribution in [0, 0.1) is 0 Å². The van der Waals surface area contributed by atoms with Gasteiger partial charge in [-0.05, 0) is 42.5 Å². The van der Waals surface area contributed by atoms with Gasteiger partial charge >= 0.3 is 0 Å². The number of halogens is 1. The maximum atomic E-state index is 12.7. The van der Waals surface area contributed by atoms with Crippen LogP contribution in [-0.2, 0) is 5.60 Å². The predicted octanol–water partition coefficient (Wildman–Crippen LogP) is 6.03. The molecule has 1 aliphatic rings. The second kappa shape index (κ2) is 9.78. The van der Waals surface area contributed by atoms with Gasteiger partial charge in [0, 0.05) is 36.1 Å². The molecule has 1 unspecified atom stereocenters. The fourth-order valence-electron chi connectivity index (χ4n) is 4.53. The zero-order valence-electron chi connectivity index (χ0n) is 17.6. The van der Waals surface area contributed by atoms with Crippen LogP contribution in [-0.4, -0.2) is 28.9 Å². The van der Waals surface area contributed by atoms with Crippen LogP contribution in [0.25, 0.3) is 0 Å². The van der Waals surface area contributed by atoms with Gasteiger partial charge in [-0.2, -0.15) is 0 Å². The lowest BCUT2D eigenvalue weighted by Gasteiger charge is -2.42. The van der Waals surface area contributed by atoms with Crippen LogP contribution >= 0.6 is 11.6 Å². The van der Waals surface area contributed by atoms with Gasteiger partial charge in [-0.1, -0.05) is 84.4 Å². The van der Waals surface area contributed by atoms with E-state index in [0.29, 0.717) is 24.3 Å². The fourth-order valence-corrected chi connectivity index (χ4v) is 4.65. The highest BCUT2D eigenvalue weighted by Crippen LogP contribution is 2.37. The highest BCUT2D eigenvalue weighted by atomic mass is 35.5. The molecule has 1 atom stereocenters. The van der Waals surface area contributed by atoms with Gasteiger partial charge in [-0.3, -0.25) is 9.69 Å². The topological polar surface area (TPSA) is 40.5 Å². The van der Waals surface area contributed by atoms with Gasteiger partial charge in [-0.25, -0.2) is 0 Å². The van der Waals surface area contributed by atoms with Crippen molar-refractivity contribution >= 4 is 17.4 Å². The molecule has 4 rings (SSSR count). The van der Waals surface area contributed by atoms with Crippen molar-refractivity contribution in [2.24, 2.45) is 0 Å². The van der Waals surface area contributed by atoms with Crippen molar-refractivity contribution in [1.29, 1.82) is 0 Å². The Morgan fingerprint density at radius 3 is 2.10 bits per heavy atom. The third-order valence-corrected chi connectivity index (χ3v) is 6.62. The molecule has 0 saturated carbocycles. The number of hydrogen-bond donors (Lipinski definition) is 1. The second-order valence-corrected chi connectivity index (χ2v) is 8.77. The maximum absolute atomic E-state index is 12.7. The average Bonchev–Trinajstić information content (AvgIpc) is 2.82. The number of piperidine rings is 1. The molecular weight excluding hydrogens is 406 g/mol. The smallest absolute Gasteiger partial charge is 0.162 e. The average molecular weight is 434 g/mol. The molecular formula is C27H28ClNO2. The van der Waals surface area contributed by atoms with E-state index in [1.165, 1.54) is 5.56 Å². The lowest BCUT2D eigenvalue weighted by atomic mass is 9.83. The van der Waals surface area contributed by atoms with Crippen molar-refractivity contribution in [3.05, 3.63) is 107 Å². The summed E-state index contributed by atoms with van der Waals surface area (Å²) in [4.78, 5) is 15.1. The predicted molar refractivity (Wildman–Crippen MR) is 125 cm³/mol. The van der Waals surface area contributed by atoms with E-state index in [4.69, 9.17) is 11.6 Å². The summed E-state index contributed by atoms with van der Waals surface area (Å²) in [5.41, 5.74) is 2.08. The molecule has 3 aromatic carbocycles. The Labute approximate surface area is 189 Å². The van der Waals surface area contributed by atoms with Gasteiger partial charge in [0.25, 0.3) is 0 Å². The standard InChI is InChI=1S/C27H28ClNO2/c28-24-13-11-23(12-14-24)27(31)17-19-29(20-18-27)25(21-7-3-1-4-8-21)15-16-26(30)22-9-5-2-6-10-22/h1-14,25,31H,15-20H2. The number of carbonyl (C=O) groups excluding carboxylic acids is 1. The van der Waals surface area contributed by atoms with E-state index in [2.05, 4.69) is 29.2 Å². The summed E-state index contributed by atoms with van der Waals surface area (Å²) in [6.07, 6.45) is 2.58. The Kier molecular flexibility index (Phi) is 6.86. The molecule has 31 heavy (non-hydrogen) atoms. The Bertz CT molecular complexity index is 981. The minimum Gasteiger partial charge on any atom is -0.385 e. The van der Waals surface area contributed by atoms with Crippen LogP contribution in [0.15, 0.2) is 84.9 Å². The van der Waals surface area contributed by atoms with Crippen molar-refractivity contribution < 1.29 is 9.90 Å². The Morgan fingerprint density at radius 1 is 0.903 bits per heavy atom. The fraction of sp³-hybridized carbons (Fsp3) is 0.296. The summed E-state index contributed by atoms with van der Waals surface area (Å²) in [6.45, 7) is 1.55. The quantitative estimate of drug-likeness (QED) is 0.462. The molecule has 0 amide bonds. The summed E-state index contributed by atoms with van der Waals surface area (Å²) in [5, 5.41) is 11.9. The summed E-state index contributed by atoms with van der Waals surface area (Å²) in [7, 11) is 0. The van der Waals surface area contributed by atoms with E-state index < -0.39 is 5.60 Å². The molecule has 3 nitrogen and oxygen atoms in total. The van der Waals surface area contributed by atoms with E-state index in [1.807, 2.05) is 60.7 Å². The largest absolute Gasteiger partial charge is 0.385 e. The summed E-state index contributed by atoms with van der Waals surface area (Å²) in [5.74, 6) is 0.177. The van der Waals surface area contributed by atoms with Crippen molar-refractivity contribution in [1.82, 2.24) is 4.90 Å². The molecule has 3 aromatic rings. The summed E-state index contributed by atoms with van der Waals surface area (Å²) >= 11 is 6.02. The van der Waals surface area contributed by atoms with E-state index in [9.17, 15) is 9.90 Å². The van der Waals surface area contributed by atoms with Crippen LogP contribution < -0.4 is 0 Å². The number of aliphatic hydroxyl groups is 1. The van der Waals surface area contributed by atoms with Gasteiger partial charge in [-0.15, -0.1) is 0 Å². The highest BCUT2D eigenvalue weighted by Gasteiger charge is 2.36. The van der Waals surface area contributed by atoms with E-state index in [1.54, 1.807) is 0 Å². The molecule has 1 saturated heterocycles. The SMILES string of the molecule is O=C(CCC(c1ccccc1)N1CCC(O)(c2ccc(Cl)cc2)CC1)c1ccccc1. The zero-order valence-corrected chi connectivity index (χ0v) is 18.3. The van der Waals surface area contributed by atoms with Crippen molar-refractivity contribution in [2.75, 3.05) is 13.1 Å². The normalized spacial score (nSPS) is 17.2. The number of rotatable bonds is 7. The Balaban J connectivity index is 1.46. The number of hydrogen-bond acceptors (Lipinski definition) is 3. The number of benzene rings is 3. The molecule has 4 heteroatoms. The van der Waals surface area contributed by atoms with Gasteiger partial charge in [0.1, 0.15) is 0 Å². The van der Waals surface area contributed by atoms with Crippen LogP contribution in [0.2, 0.25) is 5.02 Å². The number of carbonyl (C=O) groups is 1. The van der Waals surface area contributed by atoms with Crippen LogP contribution in [0.3, 0.4) is 0 Å². The first-order chi connectivity index (χ1) is 15.0. The van der Waals surface area contributed by atoms with E-state index in [0.717, 1.165) is 30.6 Å². The van der Waals surface area contributed by atoms with E-state index in [-0.39, 0.29) is 11.8 Å². The molecule has 0 radical (unpaired) electrons. The van der Waals surface area contributed by atoms with Crippen molar-refractivity contribution in [3.63, 3.8) is 0 Å². The Morgan fingerprint density at radius 2 is 1.48 bits per heavy atom. The second-order valence-electron chi connectivity index (χ2n) is 8.33. The first-order valence-corrected chi connectivity index (χ1v) is 11.3. The first kappa shape index (κ1) is 21.8. The molecule has 1 N–H and O–H groups in total. The van der Waals surface area contributed by atoms with Gasteiger partial charge in [0.05, 0.1) is 5.60 Å². The molecule has 0 aliphatic carbocycles. The number of nitrogens with zero attached hydrogens (tertiary/aromatic N) is 1. The zero-order chi connectivity index (χ0) is 21.7. The number of Topliss-reactive ketones (excluding diaryl/α,β-unsaturated/α-hetero) is 1. The lowest BCUT2D eigenvalue weighted by Crippen LogP contribution is -2.44. The molecule has 0 spiro atoms. The van der Waals surface area contributed by atoms with Crippen molar-refractivity contribution in [3.8, 4) is 0 Å². The molecule has 1 heterocycles. The molecule has 160 valence electrons. The molecule has 1 fully saturated rings. The third kappa shape index (κ3) is 5.24. The van der Waals surface area contributed by atoms with E-state index >= 15 is 0 Å². The van der Waals surface area contributed by atoms with Gasteiger partial charge in [0.15, 0.2) is 5.78 Å². The number of likely N-dealkylation sites (tertiary alicyclic amines) is 1. The van der Waals surface area contributed by atoms with Crippen LogP contribution in [0.1, 0.15) is 53.2 Å². The maximum Gasteiger partial charge on any atom is 0.162 e. The Hall–Kier alpha value is -2.46. The number of ketones is 1. The first-order valence-electron chi connectivity index (χ1n) is 10.9. The van der Waals surface area contributed by atoms with Gasteiger partial charge < -0.3 is 5.11 Å². The minimum atomic E-state index is -0.831. The molecule has 0 aromatic heterocycles. The lowest BCUT2D eigenvalue weighted by molar-refractivity contribution is -0.0370. The third-order valence-electron chi connectivity index (χ3n) is 6.37. The summed E-state index contributed by atoms with van der Waals surface area (Å²) in [6, 6.07) is 27.6. The molecule has 1 aliphatic heterocycles. The molecule has 0 bridgehead atoms. The highest BCUT2D eigenvalue weighted by molar-refractivity contribution is 6.30.